The third-order valence-corrected chi connectivity index (χ3v) is 5.60. The fraction of sp³-hybridized carbons (Fsp3) is 0.120. The molecule has 0 N–H and O–H groups in total. The van der Waals surface area contributed by atoms with Crippen molar-refractivity contribution in [2.45, 2.75) is 19.3 Å². The molecule has 2 aliphatic rings. The maximum atomic E-state index is 5.62. The van der Waals surface area contributed by atoms with Crippen molar-refractivity contribution in [3.05, 3.63) is 98.7 Å². The zero-order chi connectivity index (χ0) is 17.9. The molecule has 0 aromatic heterocycles. The van der Waals surface area contributed by atoms with Crippen LogP contribution in [0.2, 0.25) is 0 Å². The number of allylic oxidation sites excluding steroid dienone is 10. The molecular weight excluding hydrogens is 427 g/mol. The van der Waals surface area contributed by atoms with Crippen LogP contribution in [0.1, 0.15) is 24.8 Å². The second-order valence-corrected chi connectivity index (χ2v) is 7.95. The van der Waals surface area contributed by atoms with Crippen LogP contribution in [-0.4, -0.2) is 0 Å². The third-order valence-electron chi connectivity index (χ3n) is 4.93. The Hall–Kier alpha value is -2.31. The van der Waals surface area contributed by atoms with Gasteiger partial charge in [0.15, 0.2) is 0 Å². The van der Waals surface area contributed by atoms with E-state index in [9.17, 15) is 0 Å². The van der Waals surface area contributed by atoms with Crippen molar-refractivity contribution in [2.75, 3.05) is 0 Å². The Morgan fingerprint density at radius 2 is 1.88 bits per heavy atom. The molecule has 126 valence electrons. The van der Waals surface area contributed by atoms with Crippen molar-refractivity contribution < 1.29 is 0 Å². The number of terminal acetylenes is 1. The van der Waals surface area contributed by atoms with Crippen LogP contribution in [0.25, 0.3) is 16.3 Å². The van der Waals surface area contributed by atoms with E-state index in [-0.39, 0.29) is 0 Å². The summed E-state index contributed by atoms with van der Waals surface area (Å²) in [6.07, 6.45) is 22.0. The normalized spacial score (nSPS) is 18.3. The van der Waals surface area contributed by atoms with Crippen molar-refractivity contribution in [3.8, 4) is 12.3 Å². The lowest BCUT2D eigenvalue weighted by molar-refractivity contribution is 0.893. The molecule has 0 fully saturated rings. The van der Waals surface area contributed by atoms with Gasteiger partial charge in [-0.25, -0.2) is 0 Å². The molecule has 4 rings (SSSR count). The van der Waals surface area contributed by atoms with Gasteiger partial charge in [0.25, 0.3) is 0 Å². The van der Waals surface area contributed by atoms with E-state index < -0.39 is 0 Å². The Kier molecular flexibility index (Phi) is 4.95. The summed E-state index contributed by atoms with van der Waals surface area (Å²) in [6, 6.07) is 13.1. The van der Waals surface area contributed by atoms with Crippen LogP contribution in [0.3, 0.4) is 0 Å². The van der Waals surface area contributed by atoms with Crippen molar-refractivity contribution >= 4 is 38.9 Å². The van der Waals surface area contributed by atoms with E-state index >= 15 is 0 Å². The van der Waals surface area contributed by atoms with Crippen molar-refractivity contribution in [1.82, 2.24) is 0 Å². The number of hydrogen-bond donors (Lipinski definition) is 0. The second kappa shape index (κ2) is 7.51. The number of benzene rings is 2. The van der Waals surface area contributed by atoms with Crippen LogP contribution in [0, 0.1) is 15.9 Å². The lowest BCUT2D eigenvalue weighted by atomic mass is 9.86. The average Bonchev–Trinajstić information content (AvgIpc) is 2.67. The van der Waals surface area contributed by atoms with Gasteiger partial charge >= 0.3 is 0 Å². The van der Waals surface area contributed by atoms with Gasteiger partial charge in [-0.1, -0.05) is 60.1 Å². The van der Waals surface area contributed by atoms with Crippen LogP contribution in [0.5, 0.6) is 0 Å². The number of halogens is 1. The minimum atomic E-state index is 1.02. The molecule has 0 heterocycles. The Morgan fingerprint density at radius 3 is 2.77 bits per heavy atom. The third kappa shape index (κ3) is 3.61. The minimum absolute atomic E-state index is 1.02. The van der Waals surface area contributed by atoms with E-state index in [0.29, 0.717) is 0 Å². The minimum Gasteiger partial charge on any atom is -0.115 e. The topological polar surface area (TPSA) is 0 Å². The zero-order valence-electron chi connectivity index (χ0n) is 14.5. The number of rotatable bonds is 2. The van der Waals surface area contributed by atoms with Crippen molar-refractivity contribution in [3.63, 3.8) is 0 Å². The SMILES string of the molecule is C#C/C=C(\C=C1\C=CC2=C(CCC=C2)C1)c1ccc2cc(I)ccc2c1. The van der Waals surface area contributed by atoms with E-state index in [1.165, 1.54) is 36.6 Å². The van der Waals surface area contributed by atoms with Gasteiger partial charge in [0.2, 0.25) is 0 Å². The summed E-state index contributed by atoms with van der Waals surface area (Å²) in [6.45, 7) is 0. The molecule has 26 heavy (non-hydrogen) atoms. The van der Waals surface area contributed by atoms with Crippen molar-refractivity contribution in [2.24, 2.45) is 0 Å². The van der Waals surface area contributed by atoms with Crippen LogP contribution < -0.4 is 0 Å². The van der Waals surface area contributed by atoms with E-state index in [4.69, 9.17) is 6.42 Å². The number of hydrogen-bond acceptors (Lipinski definition) is 0. The molecule has 0 nitrogen and oxygen atoms in total. The molecule has 0 bridgehead atoms. The summed E-state index contributed by atoms with van der Waals surface area (Å²) >= 11 is 2.35. The molecule has 0 amide bonds. The maximum absolute atomic E-state index is 5.62. The molecule has 0 unspecified atom stereocenters. The van der Waals surface area contributed by atoms with Gasteiger partial charge in [-0.2, -0.15) is 0 Å². The van der Waals surface area contributed by atoms with Gasteiger partial charge in [0.05, 0.1) is 0 Å². The van der Waals surface area contributed by atoms with Crippen LogP contribution in [0.15, 0.2) is 89.6 Å². The maximum Gasteiger partial charge on any atom is 0.0136 e. The van der Waals surface area contributed by atoms with Gasteiger partial charge < -0.3 is 0 Å². The summed E-state index contributed by atoms with van der Waals surface area (Å²) in [5, 5.41) is 2.50. The molecule has 2 aliphatic carbocycles. The first kappa shape index (κ1) is 17.1. The Balaban J connectivity index is 1.69. The highest BCUT2D eigenvalue weighted by Gasteiger charge is 2.12. The van der Waals surface area contributed by atoms with Crippen LogP contribution in [-0.2, 0) is 0 Å². The fourth-order valence-electron chi connectivity index (χ4n) is 3.59. The largest absolute Gasteiger partial charge is 0.115 e. The first-order valence-electron chi connectivity index (χ1n) is 8.86. The average molecular weight is 446 g/mol. The standard InChI is InChI=1S/C25H19I/c1-2-5-20(14-18-8-9-19-6-3-4-7-21(19)15-18)22-10-11-24-17-25(26)13-12-23(24)16-22/h1,3,5-6,8-14,16-17H,4,7,15H2/b18-14-,20-5+. The van der Waals surface area contributed by atoms with E-state index in [1.807, 2.05) is 6.08 Å². The summed E-state index contributed by atoms with van der Waals surface area (Å²) < 4.78 is 1.25. The van der Waals surface area contributed by atoms with Gasteiger partial charge in [-0.3, -0.25) is 0 Å². The summed E-state index contributed by atoms with van der Waals surface area (Å²) in [4.78, 5) is 0. The zero-order valence-corrected chi connectivity index (χ0v) is 16.7. The highest BCUT2D eigenvalue weighted by molar-refractivity contribution is 14.1. The summed E-state index contributed by atoms with van der Waals surface area (Å²) in [5.74, 6) is 2.71. The molecule has 1 heteroatoms. The predicted molar refractivity (Wildman–Crippen MR) is 121 cm³/mol. The summed E-state index contributed by atoms with van der Waals surface area (Å²) in [7, 11) is 0. The van der Waals surface area contributed by atoms with E-state index in [0.717, 1.165) is 24.8 Å². The van der Waals surface area contributed by atoms with E-state index in [2.05, 4.69) is 95.3 Å². The quantitative estimate of drug-likeness (QED) is 0.345. The van der Waals surface area contributed by atoms with Crippen molar-refractivity contribution in [1.29, 1.82) is 0 Å². The molecular formula is C25H19I. The first-order valence-corrected chi connectivity index (χ1v) is 9.94. The molecule has 0 saturated heterocycles. The molecule has 0 atom stereocenters. The first-order chi connectivity index (χ1) is 12.7. The molecule has 0 spiro atoms. The highest BCUT2D eigenvalue weighted by atomic mass is 127. The Labute approximate surface area is 168 Å². The molecule has 2 aromatic carbocycles. The lowest BCUT2D eigenvalue weighted by Gasteiger charge is -2.19. The fourth-order valence-corrected chi connectivity index (χ4v) is 4.10. The summed E-state index contributed by atoms with van der Waals surface area (Å²) in [5.41, 5.74) is 6.51. The molecule has 0 aliphatic heterocycles. The monoisotopic (exact) mass is 446 g/mol. The Morgan fingerprint density at radius 1 is 1.04 bits per heavy atom. The predicted octanol–water partition coefficient (Wildman–Crippen LogP) is 6.99. The van der Waals surface area contributed by atoms with Crippen LogP contribution >= 0.6 is 22.6 Å². The molecule has 0 radical (unpaired) electrons. The smallest absolute Gasteiger partial charge is 0.0136 e. The van der Waals surface area contributed by atoms with Gasteiger partial charge in [0.1, 0.15) is 0 Å². The van der Waals surface area contributed by atoms with Gasteiger partial charge in [0, 0.05) is 3.57 Å². The van der Waals surface area contributed by atoms with Crippen LogP contribution in [0.4, 0.5) is 0 Å². The molecule has 0 saturated carbocycles. The second-order valence-electron chi connectivity index (χ2n) is 6.70. The molecule has 2 aromatic rings. The van der Waals surface area contributed by atoms with Gasteiger partial charge in [-0.05, 0) is 99.2 Å². The number of fused-ring (bicyclic) bond motifs is 1. The van der Waals surface area contributed by atoms with Gasteiger partial charge in [-0.15, -0.1) is 6.42 Å². The van der Waals surface area contributed by atoms with E-state index in [1.54, 1.807) is 0 Å². The lowest BCUT2D eigenvalue weighted by Crippen LogP contribution is -1.99. The Bertz CT molecular complexity index is 1070. The highest BCUT2D eigenvalue weighted by Crippen LogP contribution is 2.32.